The lowest BCUT2D eigenvalue weighted by molar-refractivity contribution is 0.102. The van der Waals surface area contributed by atoms with Gasteiger partial charge in [0.2, 0.25) is 0 Å². The first-order valence-electron chi connectivity index (χ1n) is 6.38. The zero-order valence-electron chi connectivity index (χ0n) is 11.4. The van der Waals surface area contributed by atoms with Crippen LogP contribution in [0.4, 0.5) is 5.69 Å². The predicted octanol–water partition coefficient (Wildman–Crippen LogP) is 4.38. The summed E-state index contributed by atoms with van der Waals surface area (Å²) in [6, 6.07) is 14.1. The summed E-state index contributed by atoms with van der Waals surface area (Å²) in [7, 11) is 0. The summed E-state index contributed by atoms with van der Waals surface area (Å²) in [6.07, 6.45) is 0.127. The number of amides is 1. The fraction of sp³-hybridized carbons (Fsp3) is 0.188. The molecule has 3 nitrogen and oxygen atoms in total. The smallest absolute Gasteiger partial charge is 0.255 e. The van der Waals surface area contributed by atoms with E-state index >= 15 is 0 Å². The number of ether oxygens (including phenoxy) is 1. The van der Waals surface area contributed by atoms with Crippen molar-refractivity contribution in [2.75, 3.05) is 5.32 Å². The van der Waals surface area contributed by atoms with E-state index in [-0.39, 0.29) is 12.0 Å². The summed E-state index contributed by atoms with van der Waals surface area (Å²) < 4.78 is 5.54. The molecule has 0 saturated carbocycles. The van der Waals surface area contributed by atoms with E-state index in [1.807, 2.05) is 26.0 Å². The van der Waals surface area contributed by atoms with E-state index in [2.05, 4.69) is 5.32 Å². The Kier molecular flexibility index (Phi) is 4.64. The molecule has 0 saturated heterocycles. The van der Waals surface area contributed by atoms with Gasteiger partial charge < -0.3 is 10.1 Å². The fourth-order valence-electron chi connectivity index (χ4n) is 1.72. The Morgan fingerprint density at radius 2 is 1.85 bits per heavy atom. The zero-order chi connectivity index (χ0) is 14.5. The van der Waals surface area contributed by atoms with Crippen LogP contribution in [0.25, 0.3) is 0 Å². The minimum Gasteiger partial charge on any atom is -0.491 e. The number of hydrogen-bond donors (Lipinski definition) is 1. The van der Waals surface area contributed by atoms with E-state index in [4.69, 9.17) is 16.3 Å². The predicted molar refractivity (Wildman–Crippen MR) is 81.6 cm³/mol. The van der Waals surface area contributed by atoms with Gasteiger partial charge >= 0.3 is 0 Å². The molecule has 1 amide bonds. The van der Waals surface area contributed by atoms with E-state index in [0.29, 0.717) is 16.3 Å². The van der Waals surface area contributed by atoms with Crippen LogP contribution in [-0.2, 0) is 0 Å². The monoisotopic (exact) mass is 289 g/mol. The normalized spacial score (nSPS) is 10.4. The molecule has 2 aromatic carbocycles. The standard InChI is InChI=1S/C16H16ClNO2/c1-11(2)20-15-8-6-14(7-9-15)18-16(19)12-4-3-5-13(17)10-12/h3-11H,1-2H3,(H,18,19). The molecule has 1 N–H and O–H groups in total. The van der Waals surface area contributed by atoms with Gasteiger partial charge in [-0.25, -0.2) is 0 Å². The van der Waals surface area contributed by atoms with Crippen molar-refractivity contribution in [1.82, 2.24) is 0 Å². The summed E-state index contributed by atoms with van der Waals surface area (Å²) in [6.45, 7) is 3.93. The summed E-state index contributed by atoms with van der Waals surface area (Å²) >= 11 is 5.86. The minimum absolute atomic E-state index is 0.127. The molecular formula is C16H16ClNO2. The molecule has 0 fully saturated rings. The van der Waals surface area contributed by atoms with E-state index in [1.54, 1.807) is 36.4 Å². The van der Waals surface area contributed by atoms with E-state index < -0.39 is 0 Å². The van der Waals surface area contributed by atoms with Gasteiger partial charge in [-0.3, -0.25) is 4.79 Å². The second-order valence-electron chi connectivity index (χ2n) is 4.66. The number of carbonyl (C=O) groups excluding carboxylic acids is 1. The van der Waals surface area contributed by atoms with Crippen molar-refractivity contribution < 1.29 is 9.53 Å². The maximum absolute atomic E-state index is 12.0. The Bertz CT molecular complexity index is 594. The summed E-state index contributed by atoms with van der Waals surface area (Å²) in [5.74, 6) is 0.589. The average Bonchev–Trinajstić information content (AvgIpc) is 2.40. The molecule has 0 unspecified atom stereocenters. The summed E-state index contributed by atoms with van der Waals surface area (Å²) in [5.41, 5.74) is 1.24. The maximum Gasteiger partial charge on any atom is 0.255 e. The molecule has 0 aliphatic rings. The van der Waals surface area contributed by atoms with E-state index in [9.17, 15) is 4.79 Å². The Labute approximate surface area is 123 Å². The van der Waals surface area contributed by atoms with Crippen LogP contribution in [0.1, 0.15) is 24.2 Å². The van der Waals surface area contributed by atoms with Crippen LogP contribution in [0.15, 0.2) is 48.5 Å². The lowest BCUT2D eigenvalue weighted by Gasteiger charge is -2.10. The fourth-order valence-corrected chi connectivity index (χ4v) is 1.91. The van der Waals surface area contributed by atoms with Crippen LogP contribution in [0, 0.1) is 0 Å². The SMILES string of the molecule is CC(C)Oc1ccc(NC(=O)c2cccc(Cl)c2)cc1. The summed E-state index contributed by atoms with van der Waals surface area (Å²) in [4.78, 5) is 12.0. The Morgan fingerprint density at radius 1 is 1.15 bits per heavy atom. The van der Waals surface area contributed by atoms with Gasteiger partial charge in [-0.05, 0) is 56.3 Å². The second-order valence-corrected chi connectivity index (χ2v) is 5.09. The minimum atomic E-state index is -0.190. The van der Waals surface area contributed by atoms with Crippen LogP contribution in [0.2, 0.25) is 5.02 Å². The molecule has 2 aromatic rings. The second kappa shape index (κ2) is 6.44. The third-order valence-corrected chi connectivity index (χ3v) is 2.81. The number of hydrogen-bond acceptors (Lipinski definition) is 2. The number of rotatable bonds is 4. The Hall–Kier alpha value is -2.00. The first-order chi connectivity index (χ1) is 9.54. The van der Waals surface area contributed by atoms with Crippen LogP contribution in [0.5, 0.6) is 5.75 Å². The van der Waals surface area contributed by atoms with Gasteiger partial charge in [0, 0.05) is 16.3 Å². The van der Waals surface area contributed by atoms with Crippen molar-refractivity contribution in [3.8, 4) is 5.75 Å². The van der Waals surface area contributed by atoms with E-state index in [1.165, 1.54) is 0 Å². The van der Waals surface area contributed by atoms with Gasteiger partial charge in [-0.2, -0.15) is 0 Å². The number of carbonyl (C=O) groups is 1. The Balaban J connectivity index is 2.04. The third kappa shape index (κ3) is 4.00. The van der Waals surface area contributed by atoms with Gasteiger partial charge in [-0.1, -0.05) is 17.7 Å². The molecule has 0 aliphatic carbocycles. The van der Waals surface area contributed by atoms with Crippen LogP contribution >= 0.6 is 11.6 Å². The van der Waals surface area contributed by atoms with Gasteiger partial charge in [-0.15, -0.1) is 0 Å². The van der Waals surface area contributed by atoms with E-state index in [0.717, 1.165) is 5.75 Å². The third-order valence-electron chi connectivity index (χ3n) is 2.57. The molecule has 20 heavy (non-hydrogen) atoms. The molecule has 0 radical (unpaired) electrons. The van der Waals surface area contributed by atoms with Gasteiger partial charge in [0.1, 0.15) is 5.75 Å². The van der Waals surface area contributed by atoms with Crippen molar-refractivity contribution in [2.45, 2.75) is 20.0 Å². The highest BCUT2D eigenvalue weighted by atomic mass is 35.5. The summed E-state index contributed by atoms with van der Waals surface area (Å²) in [5, 5.41) is 3.35. The van der Waals surface area contributed by atoms with Crippen molar-refractivity contribution in [3.05, 3.63) is 59.1 Å². The average molecular weight is 290 g/mol. The highest BCUT2D eigenvalue weighted by Crippen LogP contribution is 2.18. The van der Waals surface area contributed by atoms with Crippen LogP contribution in [-0.4, -0.2) is 12.0 Å². The van der Waals surface area contributed by atoms with Gasteiger partial charge in [0.25, 0.3) is 5.91 Å². The lowest BCUT2D eigenvalue weighted by Crippen LogP contribution is -2.11. The molecule has 0 heterocycles. The van der Waals surface area contributed by atoms with Crippen molar-refractivity contribution in [3.63, 3.8) is 0 Å². The van der Waals surface area contributed by atoms with Crippen molar-refractivity contribution in [2.24, 2.45) is 0 Å². The lowest BCUT2D eigenvalue weighted by atomic mass is 10.2. The van der Waals surface area contributed by atoms with Crippen LogP contribution < -0.4 is 10.1 Å². The molecule has 0 atom stereocenters. The highest BCUT2D eigenvalue weighted by molar-refractivity contribution is 6.31. The number of anilines is 1. The number of benzene rings is 2. The van der Waals surface area contributed by atoms with Crippen molar-refractivity contribution >= 4 is 23.2 Å². The highest BCUT2D eigenvalue weighted by Gasteiger charge is 2.06. The largest absolute Gasteiger partial charge is 0.491 e. The molecule has 0 aliphatic heterocycles. The number of halogens is 1. The molecule has 104 valence electrons. The molecule has 0 aromatic heterocycles. The van der Waals surface area contributed by atoms with Crippen LogP contribution in [0.3, 0.4) is 0 Å². The maximum atomic E-state index is 12.0. The molecular weight excluding hydrogens is 274 g/mol. The first-order valence-corrected chi connectivity index (χ1v) is 6.76. The first kappa shape index (κ1) is 14.4. The van der Waals surface area contributed by atoms with Gasteiger partial charge in [0.05, 0.1) is 6.10 Å². The number of nitrogens with one attached hydrogen (secondary N) is 1. The van der Waals surface area contributed by atoms with Crippen molar-refractivity contribution in [1.29, 1.82) is 0 Å². The molecule has 4 heteroatoms. The molecule has 0 bridgehead atoms. The quantitative estimate of drug-likeness (QED) is 0.907. The Morgan fingerprint density at radius 3 is 2.45 bits per heavy atom. The van der Waals surface area contributed by atoms with Gasteiger partial charge in [0.15, 0.2) is 0 Å². The zero-order valence-corrected chi connectivity index (χ0v) is 12.1. The molecule has 2 rings (SSSR count). The topological polar surface area (TPSA) is 38.3 Å². The molecule has 0 spiro atoms.